The highest BCUT2D eigenvalue weighted by Crippen LogP contribution is 2.54. The van der Waals surface area contributed by atoms with Gasteiger partial charge in [-0.25, -0.2) is 18.5 Å². The third-order valence-corrected chi connectivity index (χ3v) is 11.0. The lowest BCUT2D eigenvalue weighted by Gasteiger charge is -2.30. The Morgan fingerprint density at radius 1 is 0.978 bits per heavy atom. The molecule has 0 aliphatic carbocycles. The normalized spacial score (nSPS) is 19.6. The quantitative estimate of drug-likeness (QED) is 0.257. The van der Waals surface area contributed by atoms with Crippen molar-refractivity contribution in [1.29, 1.82) is 0 Å². The molecule has 3 aromatic carbocycles. The number of fused-ring (bicyclic) bond motifs is 2. The molecule has 11 nitrogen and oxygen atoms in total. The average Bonchev–Trinajstić information content (AvgIpc) is 3.43. The third-order valence-electron chi connectivity index (χ3n) is 7.50. The van der Waals surface area contributed by atoms with Gasteiger partial charge < -0.3 is 10.4 Å². The van der Waals surface area contributed by atoms with E-state index in [9.17, 15) is 45.9 Å². The number of nitrogens with one attached hydrogen (secondary N) is 1. The molecule has 2 aliphatic rings. The van der Waals surface area contributed by atoms with Crippen molar-refractivity contribution in [1.82, 2.24) is 4.57 Å². The fourth-order valence-electron chi connectivity index (χ4n) is 5.44. The van der Waals surface area contributed by atoms with Crippen LogP contribution in [0.15, 0.2) is 87.5 Å². The number of amides is 3. The fraction of sp³-hybridized carbons (Fsp3) is 0.172. The molecule has 1 aromatic heterocycles. The number of hydrogen-bond acceptors (Lipinski definition) is 9. The van der Waals surface area contributed by atoms with Crippen LogP contribution in [-0.4, -0.2) is 41.1 Å². The predicted octanol–water partition coefficient (Wildman–Crippen LogP) is 3.72. The van der Waals surface area contributed by atoms with Crippen LogP contribution in [0, 0.1) is 5.92 Å². The van der Waals surface area contributed by atoms with Crippen LogP contribution in [-0.2, 0) is 37.1 Å². The number of alkyl halides is 3. The van der Waals surface area contributed by atoms with E-state index in [-0.39, 0.29) is 27.0 Å². The van der Waals surface area contributed by atoms with Crippen LogP contribution < -0.4 is 20.2 Å². The summed E-state index contributed by atoms with van der Waals surface area (Å²) < 4.78 is 64.6. The van der Waals surface area contributed by atoms with Gasteiger partial charge in [-0.1, -0.05) is 41.3 Å². The summed E-state index contributed by atoms with van der Waals surface area (Å²) in [5.74, 6) is -4.28. The van der Waals surface area contributed by atoms with Crippen LogP contribution >= 0.6 is 23.1 Å². The highest BCUT2D eigenvalue weighted by molar-refractivity contribution is 8.00. The van der Waals surface area contributed by atoms with Gasteiger partial charge >= 0.3 is 11.0 Å². The van der Waals surface area contributed by atoms with Crippen molar-refractivity contribution in [2.75, 3.05) is 10.2 Å². The van der Waals surface area contributed by atoms with E-state index in [0.29, 0.717) is 10.4 Å². The minimum absolute atomic E-state index is 0.0790. The first-order chi connectivity index (χ1) is 21.6. The summed E-state index contributed by atoms with van der Waals surface area (Å²) in [5, 5.41) is 16.6. The molecule has 6 rings (SSSR count). The first-order valence-electron chi connectivity index (χ1n) is 13.3. The van der Waals surface area contributed by atoms with Crippen molar-refractivity contribution >= 4 is 62.2 Å². The Balaban J connectivity index is 1.37. The van der Waals surface area contributed by atoms with Crippen molar-refractivity contribution in [3.63, 3.8) is 0 Å². The molecule has 17 heteroatoms. The van der Waals surface area contributed by atoms with E-state index >= 15 is 0 Å². The Labute approximate surface area is 266 Å². The molecule has 3 amide bonds. The standard InChI is InChI=1S/C29H21F3N4O7S3/c30-29(31,32)15-2-1-3-17(12-15)36-25(39)22-21(14-4-8-18(37)9-5-14)24-27(44-23(22)26(36)40)35(28(41)45-24)13-20(38)34-16-6-10-19(11-7-16)46(33,42)43/h1-12,21-23,37H,13H2,(H,34,38)(H2,33,42,43)/t21-,22?,23?/m0/s1. The second kappa shape index (κ2) is 11.4. The number of nitrogens with zero attached hydrogens (tertiary/aromatic N) is 2. The van der Waals surface area contributed by atoms with E-state index in [0.717, 1.165) is 50.8 Å². The molecule has 1 saturated heterocycles. The number of anilines is 2. The number of primary sulfonamides is 1. The molecule has 0 spiro atoms. The monoisotopic (exact) mass is 690 g/mol. The van der Waals surface area contributed by atoms with Crippen LogP contribution in [0.4, 0.5) is 24.5 Å². The summed E-state index contributed by atoms with van der Waals surface area (Å²) in [7, 11) is -3.96. The molecule has 0 radical (unpaired) electrons. The molecule has 2 aliphatic heterocycles. The molecule has 46 heavy (non-hydrogen) atoms. The number of halogens is 3. The number of phenols is 1. The number of sulfonamides is 1. The Kier molecular flexibility index (Phi) is 7.82. The number of rotatable bonds is 6. The molecular weight excluding hydrogens is 670 g/mol. The van der Waals surface area contributed by atoms with Gasteiger partial charge in [-0.2, -0.15) is 13.2 Å². The lowest BCUT2D eigenvalue weighted by Crippen LogP contribution is -2.33. The first kappa shape index (κ1) is 31.5. The first-order valence-corrected chi connectivity index (χ1v) is 16.5. The van der Waals surface area contributed by atoms with E-state index in [1.54, 1.807) is 0 Å². The highest BCUT2D eigenvalue weighted by Gasteiger charge is 2.57. The summed E-state index contributed by atoms with van der Waals surface area (Å²) in [6, 6.07) is 14.7. The van der Waals surface area contributed by atoms with Gasteiger partial charge in [-0.3, -0.25) is 23.7 Å². The van der Waals surface area contributed by atoms with E-state index in [4.69, 9.17) is 5.14 Å². The molecule has 4 N–H and O–H groups in total. The van der Waals surface area contributed by atoms with Crippen molar-refractivity contribution in [3.8, 4) is 5.75 Å². The number of aromatic hydroxyl groups is 1. The molecule has 0 bridgehead atoms. The Morgan fingerprint density at radius 3 is 2.28 bits per heavy atom. The number of aromatic nitrogens is 1. The number of phenolic OH excluding ortho intramolecular Hbond substituents is 1. The van der Waals surface area contributed by atoms with Gasteiger partial charge in [-0.15, -0.1) is 0 Å². The van der Waals surface area contributed by atoms with E-state index in [1.807, 2.05) is 0 Å². The van der Waals surface area contributed by atoms with Crippen LogP contribution in [0.2, 0.25) is 0 Å². The number of thiazole rings is 1. The van der Waals surface area contributed by atoms with Crippen molar-refractivity contribution < 1.29 is 41.1 Å². The molecular formula is C29H21F3N4O7S3. The van der Waals surface area contributed by atoms with Gasteiger partial charge in [0.2, 0.25) is 27.7 Å². The lowest BCUT2D eigenvalue weighted by atomic mass is 9.83. The Morgan fingerprint density at radius 2 is 1.65 bits per heavy atom. The van der Waals surface area contributed by atoms with Gasteiger partial charge in [0.25, 0.3) is 0 Å². The van der Waals surface area contributed by atoms with Crippen LogP contribution in [0.1, 0.15) is 21.9 Å². The van der Waals surface area contributed by atoms with Gasteiger partial charge in [0.1, 0.15) is 17.5 Å². The van der Waals surface area contributed by atoms with E-state index in [2.05, 4.69) is 5.32 Å². The third kappa shape index (κ3) is 5.70. The summed E-state index contributed by atoms with van der Waals surface area (Å²) in [5.41, 5.74) is -0.606. The average molecular weight is 691 g/mol. The molecule has 238 valence electrons. The smallest absolute Gasteiger partial charge is 0.416 e. The molecule has 2 unspecified atom stereocenters. The maximum Gasteiger partial charge on any atom is 0.416 e. The summed E-state index contributed by atoms with van der Waals surface area (Å²) in [6.45, 7) is -0.506. The number of carbonyl (C=O) groups excluding carboxylic acids is 3. The highest BCUT2D eigenvalue weighted by atomic mass is 32.2. The fourth-order valence-corrected chi connectivity index (χ4v) is 8.73. The number of hydrogen-bond donors (Lipinski definition) is 3. The lowest BCUT2D eigenvalue weighted by molar-refractivity contribution is -0.137. The van der Waals surface area contributed by atoms with Gasteiger partial charge in [0.15, 0.2) is 0 Å². The SMILES string of the molecule is NS(=O)(=O)c1ccc(NC(=O)Cn2c3c(sc2=O)[C@@H](c2ccc(O)cc2)C2C(=O)N(c4cccc(C(F)(F)F)c4)C(=O)C2S3)cc1. The van der Waals surface area contributed by atoms with Crippen LogP contribution in [0.3, 0.4) is 0 Å². The van der Waals surface area contributed by atoms with Crippen LogP contribution in [0.25, 0.3) is 0 Å². The second-order valence-corrected chi connectivity index (χ2v) is 14.1. The van der Waals surface area contributed by atoms with Crippen molar-refractivity contribution in [2.24, 2.45) is 11.1 Å². The zero-order chi connectivity index (χ0) is 33.1. The zero-order valence-corrected chi connectivity index (χ0v) is 25.5. The van der Waals surface area contributed by atoms with Crippen molar-refractivity contribution in [3.05, 3.63) is 98.5 Å². The molecule has 4 aromatic rings. The molecule has 1 fully saturated rings. The Hall–Kier alpha value is -4.45. The number of benzene rings is 3. The Bertz CT molecular complexity index is 2060. The minimum atomic E-state index is -4.72. The molecule has 0 saturated carbocycles. The van der Waals surface area contributed by atoms with E-state index in [1.165, 1.54) is 54.6 Å². The largest absolute Gasteiger partial charge is 0.508 e. The predicted molar refractivity (Wildman–Crippen MR) is 162 cm³/mol. The number of nitrogens with two attached hydrogens (primary N) is 1. The number of carbonyl (C=O) groups is 3. The van der Waals surface area contributed by atoms with E-state index < -0.39 is 68.0 Å². The maximum atomic E-state index is 13.9. The van der Waals surface area contributed by atoms with Crippen molar-refractivity contribution in [2.45, 2.75) is 33.8 Å². The van der Waals surface area contributed by atoms with Gasteiger partial charge in [-0.05, 0) is 60.2 Å². The summed E-state index contributed by atoms with van der Waals surface area (Å²) >= 11 is 1.64. The number of thioether (sulfide) groups is 1. The van der Waals surface area contributed by atoms with Crippen LogP contribution in [0.5, 0.6) is 5.75 Å². The molecule has 3 atom stereocenters. The zero-order valence-electron chi connectivity index (χ0n) is 23.1. The number of imide groups is 1. The summed E-state index contributed by atoms with van der Waals surface area (Å²) in [4.78, 5) is 54.3. The second-order valence-electron chi connectivity index (χ2n) is 10.4. The summed E-state index contributed by atoms with van der Waals surface area (Å²) in [6.07, 6.45) is -4.72. The molecule has 3 heterocycles. The van der Waals surface area contributed by atoms with Gasteiger partial charge in [0.05, 0.1) is 27.1 Å². The maximum absolute atomic E-state index is 13.9. The van der Waals surface area contributed by atoms with Gasteiger partial charge in [0, 0.05) is 16.5 Å². The minimum Gasteiger partial charge on any atom is -0.508 e. The topological polar surface area (TPSA) is 169 Å².